The SMILES string of the molecule is CCCCCCCCCCNCc1ccc(Br)o1. The molecule has 1 N–H and O–H groups in total. The molecule has 104 valence electrons. The van der Waals surface area contributed by atoms with Crippen LogP contribution in [-0.2, 0) is 6.54 Å². The van der Waals surface area contributed by atoms with Gasteiger partial charge in [-0.2, -0.15) is 0 Å². The Morgan fingerprint density at radius 2 is 1.67 bits per heavy atom. The molecule has 0 aliphatic carbocycles. The molecule has 0 amide bonds. The van der Waals surface area contributed by atoms with Crippen LogP contribution >= 0.6 is 15.9 Å². The molecule has 0 aliphatic rings. The Morgan fingerprint density at radius 3 is 2.28 bits per heavy atom. The maximum Gasteiger partial charge on any atom is 0.169 e. The van der Waals surface area contributed by atoms with Crippen molar-refractivity contribution >= 4 is 15.9 Å². The molecule has 1 rings (SSSR count). The van der Waals surface area contributed by atoms with Crippen LogP contribution in [0.15, 0.2) is 21.2 Å². The van der Waals surface area contributed by atoms with Crippen molar-refractivity contribution in [1.29, 1.82) is 0 Å². The molecule has 1 aromatic rings. The molecule has 1 aromatic heterocycles. The van der Waals surface area contributed by atoms with Crippen molar-refractivity contribution in [2.75, 3.05) is 6.54 Å². The standard InChI is InChI=1S/C15H26BrNO/c1-2-3-4-5-6-7-8-9-12-17-13-14-10-11-15(16)18-14/h10-11,17H,2-9,12-13H2,1H3. The third-order valence-corrected chi connectivity index (χ3v) is 3.56. The van der Waals surface area contributed by atoms with Crippen LogP contribution in [0.1, 0.15) is 64.1 Å². The van der Waals surface area contributed by atoms with E-state index in [1.165, 1.54) is 51.4 Å². The van der Waals surface area contributed by atoms with Crippen molar-refractivity contribution in [3.8, 4) is 0 Å². The molecule has 0 radical (unpaired) electrons. The minimum atomic E-state index is 0.811. The van der Waals surface area contributed by atoms with Crippen molar-refractivity contribution < 1.29 is 4.42 Å². The van der Waals surface area contributed by atoms with Crippen molar-refractivity contribution in [2.45, 2.75) is 64.8 Å². The van der Waals surface area contributed by atoms with Crippen molar-refractivity contribution in [1.82, 2.24) is 5.32 Å². The third kappa shape index (κ3) is 7.93. The Hall–Kier alpha value is -0.280. The molecular weight excluding hydrogens is 290 g/mol. The summed E-state index contributed by atoms with van der Waals surface area (Å²) < 4.78 is 6.23. The van der Waals surface area contributed by atoms with Gasteiger partial charge < -0.3 is 9.73 Å². The van der Waals surface area contributed by atoms with Gasteiger partial charge in [0.15, 0.2) is 4.67 Å². The van der Waals surface area contributed by atoms with Gasteiger partial charge in [-0.25, -0.2) is 0 Å². The molecule has 0 aliphatic heterocycles. The fourth-order valence-electron chi connectivity index (χ4n) is 2.04. The molecule has 0 atom stereocenters. The molecule has 0 spiro atoms. The van der Waals surface area contributed by atoms with E-state index >= 15 is 0 Å². The second kappa shape index (κ2) is 10.6. The molecule has 0 unspecified atom stereocenters. The van der Waals surface area contributed by atoms with Crippen LogP contribution in [0.3, 0.4) is 0 Å². The molecule has 3 heteroatoms. The van der Waals surface area contributed by atoms with E-state index in [1.54, 1.807) is 0 Å². The van der Waals surface area contributed by atoms with E-state index in [9.17, 15) is 0 Å². The largest absolute Gasteiger partial charge is 0.453 e. The quantitative estimate of drug-likeness (QED) is 0.562. The van der Waals surface area contributed by atoms with Gasteiger partial charge >= 0.3 is 0 Å². The highest BCUT2D eigenvalue weighted by atomic mass is 79.9. The zero-order chi connectivity index (χ0) is 13.1. The fraction of sp³-hybridized carbons (Fsp3) is 0.733. The molecule has 1 heterocycles. The Bertz CT molecular complexity index is 298. The highest BCUT2D eigenvalue weighted by Gasteiger charge is 1.98. The van der Waals surface area contributed by atoms with E-state index in [0.717, 1.165) is 23.5 Å². The maximum atomic E-state index is 5.42. The Morgan fingerprint density at radius 1 is 1.00 bits per heavy atom. The minimum Gasteiger partial charge on any atom is -0.453 e. The van der Waals surface area contributed by atoms with Crippen molar-refractivity contribution in [3.05, 3.63) is 22.6 Å². The summed E-state index contributed by atoms with van der Waals surface area (Å²) in [4.78, 5) is 0. The van der Waals surface area contributed by atoms with Gasteiger partial charge in [0.1, 0.15) is 5.76 Å². The second-order valence-electron chi connectivity index (χ2n) is 4.86. The van der Waals surface area contributed by atoms with Crippen molar-refractivity contribution in [2.24, 2.45) is 0 Å². The molecule has 0 saturated heterocycles. The van der Waals surface area contributed by atoms with E-state index < -0.39 is 0 Å². The summed E-state index contributed by atoms with van der Waals surface area (Å²) in [6.07, 6.45) is 11.0. The minimum absolute atomic E-state index is 0.811. The number of halogens is 1. The van der Waals surface area contributed by atoms with Gasteiger partial charge in [0, 0.05) is 0 Å². The summed E-state index contributed by atoms with van der Waals surface area (Å²) in [6, 6.07) is 3.94. The van der Waals surface area contributed by atoms with Gasteiger partial charge in [0.25, 0.3) is 0 Å². The van der Waals surface area contributed by atoms with Gasteiger partial charge in [0.2, 0.25) is 0 Å². The number of hydrogen-bond acceptors (Lipinski definition) is 2. The lowest BCUT2D eigenvalue weighted by atomic mass is 10.1. The van der Waals surface area contributed by atoms with E-state index in [0.29, 0.717) is 0 Å². The number of hydrogen-bond donors (Lipinski definition) is 1. The van der Waals surface area contributed by atoms with E-state index in [1.807, 2.05) is 12.1 Å². The summed E-state index contributed by atoms with van der Waals surface area (Å²) in [5.41, 5.74) is 0. The monoisotopic (exact) mass is 315 g/mol. The molecule has 0 aromatic carbocycles. The lowest BCUT2D eigenvalue weighted by Gasteiger charge is -2.03. The maximum absolute atomic E-state index is 5.42. The molecule has 0 fully saturated rings. The first-order valence-electron chi connectivity index (χ1n) is 7.28. The van der Waals surface area contributed by atoms with Crippen LogP contribution in [0.5, 0.6) is 0 Å². The second-order valence-corrected chi connectivity index (χ2v) is 5.64. The molecule has 18 heavy (non-hydrogen) atoms. The molecule has 0 bridgehead atoms. The topological polar surface area (TPSA) is 25.2 Å². The van der Waals surface area contributed by atoms with E-state index in [4.69, 9.17) is 4.42 Å². The molecule has 0 saturated carbocycles. The first-order chi connectivity index (χ1) is 8.83. The predicted molar refractivity (Wildman–Crippen MR) is 80.7 cm³/mol. The van der Waals surface area contributed by atoms with E-state index in [-0.39, 0.29) is 0 Å². The number of rotatable bonds is 11. The smallest absolute Gasteiger partial charge is 0.169 e. The zero-order valence-corrected chi connectivity index (χ0v) is 13.1. The van der Waals surface area contributed by atoms with Gasteiger partial charge in [-0.1, -0.05) is 51.9 Å². The summed E-state index contributed by atoms with van der Waals surface area (Å²) in [7, 11) is 0. The fourth-order valence-corrected chi connectivity index (χ4v) is 2.38. The number of furan rings is 1. The third-order valence-electron chi connectivity index (χ3n) is 3.14. The van der Waals surface area contributed by atoms with Gasteiger partial charge in [-0.3, -0.25) is 0 Å². The van der Waals surface area contributed by atoms with Gasteiger partial charge in [-0.05, 0) is 41.0 Å². The van der Waals surface area contributed by atoms with Crippen LogP contribution in [0.25, 0.3) is 0 Å². The van der Waals surface area contributed by atoms with Gasteiger partial charge in [-0.15, -0.1) is 0 Å². The normalized spacial score (nSPS) is 11.0. The summed E-state index contributed by atoms with van der Waals surface area (Å²) in [5.74, 6) is 1.00. The highest BCUT2D eigenvalue weighted by molar-refractivity contribution is 9.10. The lowest BCUT2D eigenvalue weighted by Crippen LogP contribution is -2.14. The predicted octanol–water partition coefficient (Wildman–Crippen LogP) is 5.27. The van der Waals surface area contributed by atoms with Crippen LogP contribution in [0.4, 0.5) is 0 Å². The van der Waals surface area contributed by atoms with Gasteiger partial charge in [0.05, 0.1) is 6.54 Å². The Balaban J connectivity index is 1.81. The number of unbranched alkanes of at least 4 members (excludes halogenated alkanes) is 7. The first-order valence-corrected chi connectivity index (χ1v) is 8.07. The average Bonchev–Trinajstić information content (AvgIpc) is 2.77. The lowest BCUT2D eigenvalue weighted by molar-refractivity contribution is 0.460. The average molecular weight is 316 g/mol. The summed E-state index contributed by atoms with van der Waals surface area (Å²) >= 11 is 3.31. The molecule has 2 nitrogen and oxygen atoms in total. The Kier molecular flexibility index (Phi) is 9.31. The Labute approximate surface area is 120 Å². The van der Waals surface area contributed by atoms with Crippen LogP contribution in [0, 0.1) is 0 Å². The van der Waals surface area contributed by atoms with Crippen molar-refractivity contribution in [3.63, 3.8) is 0 Å². The first kappa shape index (κ1) is 15.8. The number of nitrogens with one attached hydrogen (secondary N) is 1. The highest BCUT2D eigenvalue weighted by Crippen LogP contribution is 2.13. The summed E-state index contributed by atoms with van der Waals surface area (Å²) in [6.45, 7) is 4.19. The van der Waals surface area contributed by atoms with Crippen LogP contribution < -0.4 is 5.32 Å². The summed E-state index contributed by atoms with van der Waals surface area (Å²) in [5, 5.41) is 3.41. The van der Waals surface area contributed by atoms with E-state index in [2.05, 4.69) is 28.2 Å². The van der Waals surface area contributed by atoms with Crippen LogP contribution in [0.2, 0.25) is 0 Å². The zero-order valence-electron chi connectivity index (χ0n) is 11.5. The van der Waals surface area contributed by atoms with Crippen LogP contribution in [-0.4, -0.2) is 6.54 Å². The molecular formula is C15H26BrNO.